The van der Waals surface area contributed by atoms with E-state index in [9.17, 15) is 9.59 Å². The molecule has 1 aromatic carbocycles. The van der Waals surface area contributed by atoms with Gasteiger partial charge in [-0.05, 0) is 26.3 Å². The molecule has 5 heteroatoms. The van der Waals surface area contributed by atoms with Gasteiger partial charge in [-0.15, -0.1) is 0 Å². The van der Waals surface area contributed by atoms with Crippen LogP contribution >= 0.6 is 0 Å². The van der Waals surface area contributed by atoms with E-state index in [-0.39, 0.29) is 12.3 Å². The van der Waals surface area contributed by atoms with Crippen molar-refractivity contribution < 1.29 is 19.4 Å². The molecule has 0 fully saturated rings. The Balaban J connectivity index is 2.72. The molecule has 0 aliphatic carbocycles. The number of amides is 1. The van der Waals surface area contributed by atoms with E-state index in [2.05, 4.69) is 5.32 Å². The molecule has 0 saturated carbocycles. The molecule has 0 radical (unpaired) electrons. The number of benzene rings is 1. The van der Waals surface area contributed by atoms with Crippen LogP contribution in [0.3, 0.4) is 0 Å². The van der Waals surface area contributed by atoms with Gasteiger partial charge in [0.25, 0.3) is 0 Å². The number of ether oxygens (including phenoxy) is 1. The van der Waals surface area contributed by atoms with E-state index < -0.39 is 11.4 Å². The van der Waals surface area contributed by atoms with Crippen molar-refractivity contribution in [3.8, 4) is 5.75 Å². The van der Waals surface area contributed by atoms with E-state index in [1.165, 1.54) is 0 Å². The summed E-state index contributed by atoms with van der Waals surface area (Å²) in [5.74, 6) is -0.339. The highest BCUT2D eigenvalue weighted by molar-refractivity contribution is 5.88. The molecule has 0 spiro atoms. The number of rotatable bonds is 7. The number of carbonyl (C=O) groups excluding carboxylic acids is 1. The Bertz CT molecular complexity index is 483. The van der Waals surface area contributed by atoms with Crippen LogP contribution in [0.15, 0.2) is 24.3 Å². The van der Waals surface area contributed by atoms with Crippen LogP contribution in [0.1, 0.15) is 32.3 Å². The summed E-state index contributed by atoms with van der Waals surface area (Å²) in [4.78, 5) is 22.7. The molecule has 2 N–H and O–H groups in total. The van der Waals surface area contributed by atoms with Crippen LogP contribution in [0.2, 0.25) is 0 Å². The minimum atomic E-state index is -0.858. The Hall–Kier alpha value is -2.04. The molecule has 0 aromatic heterocycles. The lowest BCUT2D eigenvalue weighted by atomic mass is 9.83. The molecule has 1 amide bonds. The normalized spacial score (nSPS) is 10.9. The highest BCUT2D eigenvalue weighted by Gasteiger charge is 2.32. The summed E-state index contributed by atoms with van der Waals surface area (Å²) in [5.41, 5.74) is 0.0637. The number of nitrogens with one attached hydrogen (secondary N) is 1. The first-order valence-electron chi connectivity index (χ1n) is 6.53. The lowest BCUT2D eigenvalue weighted by Gasteiger charge is -2.26. The van der Waals surface area contributed by atoms with Gasteiger partial charge >= 0.3 is 5.97 Å². The van der Waals surface area contributed by atoms with Gasteiger partial charge in [-0.3, -0.25) is 9.59 Å². The maximum Gasteiger partial charge on any atom is 0.303 e. The fourth-order valence-electron chi connectivity index (χ4n) is 1.95. The van der Waals surface area contributed by atoms with Crippen molar-refractivity contribution in [1.82, 2.24) is 5.32 Å². The molecule has 110 valence electrons. The van der Waals surface area contributed by atoms with Crippen molar-refractivity contribution in [2.75, 3.05) is 13.7 Å². The Kier molecular flexibility index (Phi) is 5.55. The van der Waals surface area contributed by atoms with E-state index in [0.717, 1.165) is 5.56 Å². The minimum absolute atomic E-state index is 0.0510. The topological polar surface area (TPSA) is 75.6 Å². The Morgan fingerprint density at radius 3 is 2.55 bits per heavy atom. The van der Waals surface area contributed by atoms with Gasteiger partial charge in [0.2, 0.25) is 5.91 Å². The van der Waals surface area contributed by atoms with Crippen LogP contribution < -0.4 is 10.1 Å². The summed E-state index contributed by atoms with van der Waals surface area (Å²) >= 11 is 0. The number of carboxylic acids is 1. The first kappa shape index (κ1) is 16.0. The SMILES string of the molecule is COc1ccccc1C(C)(C)C(=O)NCCCC(=O)O. The van der Waals surface area contributed by atoms with E-state index >= 15 is 0 Å². The van der Waals surface area contributed by atoms with E-state index in [1.807, 2.05) is 38.1 Å². The van der Waals surface area contributed by atoms with Crippen LogP contribution in [0.25, 0.3) is 0 Å². The molecule has 0 aliphatic rings. The summed E-state index contributed by atoms with van der Waals surface area (Å²) in [7, 11) is 1.57. The number of hydrogen-bond donors (Lipinski definition) is 2. The molecule has 5 nitrogen and oxygen atoms in total. The molecular weight excluding hydrogens is 258 g/mol. The van der Waals surface area contributed by atoms with Gasteiger partial charge < -0.3 is 15.2 Å². The highest BCUT2D eigenvalue weighted by Crippen LogP contribution is 2.31. The van der Waals surface area contributed by atoms with Crippen LogP contribution in [0, 0.1) is 0 Å². The molecule has 0 atom stereocenters. The first-order valence-corrected chi connectivity index (χ1v) is 6.53. The summed E-state index contributed by atoms with van der Waals surface area (Å²) in [6, 6.07) is 7.38. The molecule has 1 aromatic rings. The molecular formula is C15H21NO4. The van der Waals surface area contributed by atoms with Crippen molar-refractivity contribution in [2.24, 2.45) is 0 Å². The van der Waals surface area contributed by atoms with Gasteiger partial charge in [-0.25, -0.2) is 0 Å². The van der Waals surface area contributed by atoms with E-state index in [0.29, 0.717) is 18.7 Å². The van der Waals surface area contributed by atoms with Gasteiger partial charge in [0.1, 0.15) is 5.75 Å². The molecule has 0 saturated heterocycles. The predicted molar refractivity (Wildman–Crippen MR) is 75.9 cm³/mol. The Morgan fingerprint density at radius 2 is 1.95 bits per heavy atom. The average Bonchev–Trinajstić information content (AvgIpc) is 2.42. The van der Waals surface area contributed by atoms with Crippen LogP contribution in [0.5, 0.6) is 5.75 Å². The molecule has 0 bridgehead atoms. The largest absolute Gasteiger partial charge is 0.496 e. The smallest absolute Gasteiger partial charge is 0.303 e. The minimum Gasteiger partial charge on any atom is -0.496 e. The highest BCUT2D eigenvalue weighted by atomic mass is 16.5. The molecule has 0 unspecified atom stereocenters. The van der Waals surface area contributed by atoms with E-state index in [4.69, 9.17) is 9.84 Å². The summed E-state index contributed by atoms with van der Waals surface area (Å²) < 4.78 is 5.28. The first-order chi connectivity index (χ1) is 9.39. The number of carbonyl (C=O) groups is 2. The number of aliphatic carboxylic acids is 1. The van der Waals surface area contributed by atoms with E-state index in [1.54, 1.807) is 7.11 Å². The fraction of sp³-hybridized carbons (Fsp3) is 0.467. The Morgan fingerprint density at radius 1 is 1.30 bits per heavy atom. The zero-order chi connectivity index (χ0) is 15.2. The second-order valence-corrected chi connectivity index (χ2v) is 5.08. The quantitative estimate of drug-likeness (QED) is 0.748. The number of methoxy groups -OCH3 is 1. The maximum absolute atomic E-state index is 12.3. The van der Waals surface area contributed by atoms with Gasteiger partial charge in [0, 0.05) is 18.5 Å². The van der Waals surface area contributed by atoms with Gasteiger partial charge in [-0.2, -0.15) is 0 Å². The zero-order valence-electron chi connectivity index (χ0n) is 12.1. The molecule has 0 heterocycles. The lowest BCUT2D eigenvalue weighted by molar-refractivity contribution is -0.137. The van der Waals surface area contributed by atoms with Gasteiger partial charge in [0.15, 0.2) is 0 Å². The average molecular weight is 279 g/mol. The second-order valence-electron chi connectivity index (χ2n) is 5.08. The zero-order valence-corrected chi connectivity index (χ0v) is 12.1. The standard InChI is InChI=1S/C15H21NO4/c1-15(2,11-7-4-5-8-12(11)20-3)14(19)16-10-6-9-13(17)18/h4-5,7-8H,6,9-10H2,1-3H3,(H,16,19)(H,17,18). The maximum atomic E-state index is 12.3. The van der Waals surface area contributed by atoms with Crippen molar-refractivity contribution in [3.05, 3.63) is 29.8 Å². The molecule has 20 heavy (non-hydrogen) atoms. The second kappa shape index (κ2) is 6.93. The summed E-state index contributed by atoms with van der Waals surface area (Å²) in [6.07, 6.45) is 0.471. The molecule has 1 rings (SSSR count). The number of carboxylic acid groups (broad SMARTS) is 1. The summed E-state index contributed by atoms with van der Waals surface area (Å²) in [6.45, 7) is 3.98. The van der Waals surface area contributed by atoms with Crippen molar-refractivity contribution >= 4 is 11.9 Å². The van der Waals surface area contributed by atoms with Gasteiger partial charge in [0.05, 0.1) is 12.5 Å². The van der Waals surface area contributed by atoms with Crippen molar-refractivity contribution in [1.29, 1.82) is 0 Å². The fourth-order valence-corrected chi connectivity index (χ4v) is 1.95. The van der Waals surface area contributed by atoms with Crippen LogP contribution in [-0.2, 0) is 15.0 Å². The predicted octanol–water partition coefficient (Wildman–Crippen LogP) is 1.95. The van der Waals surface area contributed by atoms with Crippen LogP contribution in [0.4, 0.5) is 0 Å². The monoisotopic (exact) mass is 279 g/mol. The Labute approximate surface area is 118 Å². The number of para-hydroxylation sites is 1. The third kappa shape index (κ3) is 3.98. The third-order valence-corrected chi connectivity index (χ3v) is 3.20. The van der Waals surface area contributed by atoms with Crippen molar-refractivity contribution in [3.63, 3.8) is 0 Å². The third-order valence-electron chi connectivity index (χ3n) is 3.20. The lowest BCUT2D eigenvalue weighted by Crippen LogP contribution is -2.40. The van der Waals surface area contributed by atoms with Gasteiger partial charge in [-0.1, -0.05) is 18.2 Å². The molecule has 0 aliphatic heterocycles. The number of hydrogen-bond acceptors (Lipinski definition) is 3. The van der Waals surface area contributed by atoms with Crippen molar-refractivity contribution in [2.45, 2.75) is 32.1 Å². The van der Waals surface area contributed by atoms with Crippen LogP contribution in [-0.4, -0.2) is 30.6 Å². The summed E-state index contributed by atoms with van der Waals surface area (Å²) in [5, 5.41) is 11.3.